The number of rotatable bonds is 4. The average molecular weight is 209 g/mol. The van der Waals surface area contributed by atoms with Crippen molar-refractivity contribution < 1.29 is 4.74 Å². The molecular weight excluding hydrogens is 190 g/mol. The Morgan fingerprint density at radius 2 is 2.33 bits per heavy atom. The zero-order chi connectivity index (χ0) is 10.5. The Labute approximate surface area is 90.6 Å². The first-order valence-corrected chi connectivity index (χ1v) is 5.65. The quantitative estimate of drug-likeness (QED) is 0.812. The molecule has 0 aliphatic carbocycles. The average Bonchev–Trinajstić information content (AvgIpc) is 2.76. The standard InChI is InChI=1S/C11H19N3O/c1-15-11-8-13-14(9-11)7-4-10-2-5-12-6-3-10/h8-10,12H,2-7H2,1H3. The first kappa shape index (κ1) is 10.5. The molecule has 0 bridgehead atoms. The van der Waals surface area contributed by atoms with Gasteiger partial charge in [0.2, 0.25) is 0 Å². The summed E-state index contributed by atoms with van der Waals surface area (Å²) in [5.41, 5.74) is 0. The molecule has 84 valence electrons. The van der Waals surface area contributed by atoms with Gasteiger partial charge in [-0.15, -0.1) is 0 Å². The summed E-state index contributed by atoms with van der Waals surface area (Å²) < 4.78 is 7.07. The van der Waals surface area contributed by atoms with E-state index in [1.54, 1.807) is 13.3 Å². The third-order valence-corrected chi connectivity index (χ3v) is 3.07. The maximum atomic E-state index is 5.09. The van der Waals surface area contributed by atoms with Crippen molar-refractivity contribution in [2.24, 2.45) is 5.92 Å². The lowest BCUT2D eigenvalue weighted by Crippen LogP contribution is -2.28. The van der Waals surface area contributed by atoms with Crippen molar-refractivity contribution in [2.45, 2.75) is 25.8 Å². The molecule has 0 aromatic carbocycles. The maximum Gasteiger partial charge on any atom is 0.156 e. The molecule has 0 saturated carbocycles. The monoisotopic (exact) mass is 209 g/mol. The first-order chi connectivity index (χ1) is 7.38. The van der Waals surface area contributed by atoms with Crippen LogP contribution in [0.3, 0.4) is 0 Å². The molecule has 1 aromatic heterocycles. The smallest absolute Gasteiger partial charge is 0.156 e. The van der Waals surface area contributed by atoms with Crippen molar-refractivity contribution in [3.05, 3.63) is 12.4 Å². The number of hydrogen-bond donors (Lipinski definition) is 1. The molecule has 1 aromatic rings. The summed E-state index contributed by atoms with van der Waals surface area (Å²) in [5.74, 6) is 1.71. The summed E-state index contributed by atoms with van der Waals surface area (Å²) in [5, 5.41) is 7.63. The molecule has 1 saturated heterocycles. The van der Waals surface area contributed by atoms with Gasteiger partial charge in [0.1, 0.15) is 0 Å². The Morgan fingerprint density at radius 1 is 1.53 bits per heavy atom. The molecule has 2 heterocycles. The van der Waals surface area contributed by atoms with Crippen LogP contribution in [-0.2, 0) is 6.54 Å². The molecule has 0 atom stereocenters. The highest BCUT2D eigenvalue weighted by Crippen LogP contribution is 2.17. The number of aromatic nitrogens is 2. The summed E-state index contributed by atoms with van der Waals surface area (Å²) in [6, 6.07) is 0. The van der Waals surface area contributed by atoms with Crippen LogP contribution in [0.25, 0.3) is 0 Å². The van der Waals surface area contributed by atoms with Crippen LogP contribution in [0.4, 0.5) is 0 Å². The number of piperidine rings is 1. The highest BCUT2D eigenvalue weighted by Gasteiger charge is 2.12. The topological polar surface area (TPSA) is 39.1 Å². The molecule has 15 heavy (non-hydrogen) atoms. The van der Waals surface area contributed by atoms with Crippen molar-refractivity contribution in [1.82, 2.24) is 15.1 Å². The summed E-state index contributed by atoms with van der Waals surface area (Å²) in [7, 11) is 1.67. The minimum Gasteiger partial charge on any atom is -0.493 e. The van der Waals surface area contributed by atoms with E-state index in [0.717, 1.165) is 18.2 Å². The van der Waals surface area contributed by atoms with E-state index in [1.165, 1.54) is 32.4 Å². The zero-order valence-corrected chi connectivity index (χ0v) is 9.28. The molecule has 0 spiro atoms. The fourth-order valence-corrected chi connectivity index (χ4v) is 2.06. The van der Waals surface area contributed by atoms with Crippen LogP contribution in [0, 0.1) is 5.92 Å². The van der Waals surface area contributed by atoms with E-state index in [9.17, 15) is 0 Å². The second kappa shape index (κ2) is 5.16. The number of aryl methyl sites for hydroxylation is 1. The van der Waals surface area contributed by atoms with Crippen molar-refractivity contribution in [3.63, 3.8) is 0 Å². The highest BCUT2D eigenvalue weighted by atomic mass is 16.5. The molecule has 0 unspecified atom stereocenters. The van der Waals surface area contributed by atoms with Gasteiger partial charge in [0.05, 0.1) is 19.5 Å². The van der Waals surface area contributed by atoms with Gasteiger partial charge >= 0.3 is 0 Å². The van der Waals surface area contributed by atoms with E-state index in [4.69, 9.17) is 4.74 Å². The van der Waals surface area contributed by atoms with Crippen molar-refractivity contribution in [1.29, 1.82) is 0 Å². The summed E-state index contributed by atoms with van der Waals surface area (Å²) in [6.45, 7) is 3.36. The van der Waals surface area contributed by atoms with Crippen LogP contribution in [0.2, 0.25) is 0 Å². The van der Waals surface area contributed by atoms with Crippen LogP contribution in [-0.4, -0.2) is 30.0 Å². The van der Waals surface area contributed by atoms with E-state index in [0.29, 0.717) is 0 Å². The lowest BCUT2D eigenvalue weighted by atomic mass is 9.95. The molecule has 1 aliphatic heterocycles. The number of methoxy groups -OCH3 is 1. The lowest BCUT2D eigenvalue weighted by Gasteiger charge is -2.22. The fourth-order valence-electron chi connectivity index (χ4n) is 2.06. The van der Waals surface area contributed by atoms with Crippen molar-refractivity contribution >= 4 is 0 Å². The third kappa shape index (κ3) is 2.96. The number of nitrogens with one attached hydrogen (secondary N) is 1. The van der Waals surface area contributed by atoms with Gasteiger partial charge < -0.3 is 10.1 Å². The predicted molar refractivity (Wildman–Crippen MR) is 59.0 cm³/mol. The highest BCUT2D eigenvalue weighted by molar-refractivity contribution is 5.10. The summed E-state index contributed by atoms with van der Waals surface area (Å²) in [6.07, 6.45) is 7.56. The fraction of sp³-hybridized carbons (Fsp3) is 0.727. The lowest BCUT2D eigenvalue weighted by molar-refractivity contribution is 0.331. The SMILES string of the molecule is COc1cnn(CCC2CCNCC2)c1. The Bertz CT molecular complexity index is 292. The van der Waals surface area contributed by atoms with Crippen LogP contribution < -0.4 is 10.1 Å². The van der Waals surface area contributed by atoms with E-state index in [-0.39, 0.29) is 0 Å². The molecule has 2 rings (SSSR count). The molecule has 1 fully saturated rings. The number of nitrogens with zero attached hydrogens (tertiary/aromatic N) is 2. The van der Waals surface area contributed by atoms with Gasteiger partial charge in [-0.05, 0) is 38.3 Å². The van der Waals surface area contributed by atoms with Crippen LogP contribution >= 0.6 is 0 Å². The first-order valence-electron chi connectivity index (χ1n) is 5.65. The molecule has 1 aliphatic rings. The van der Waals surface area contributed by atoms with Gasteiger partial charge in [-0.25, -0.2) is 0 Å². The van der Waals surface area contributed by atoms with Gasteiger partial charge in [0.15, 0.2) is 5.75 Å². The normalized spacial score (nSPS) is 17.9. The van der Waals surface area contributed by atoms with E-state index in [1.807, 2.05) is 10.9 Å². The van der Waals surface area contributed by atoms with Gasteiger partial charge in [0, 0.05) is 6.54 Å². The Balaban J connectivity index is 1.76. The Morgan fingerprint density at radius 3 is 3.00 bits per heavy atom. The summed E-state index contributed by atoms with van der Waals surface area (Å²) >= 11 is 0. The molecule has 0 amide bonds. The zero-order valence-electron chi connectivity index (χ0n) is 9.28. The van der Waals surface area contributed by atoms with Crippen LogP contribution in [0.1, 0.15) is 19.3 Å². The number of ether oxygens (including phenoxy) is 1. The number of hydrogen-bond acceptors (Lipinski definition) is 3. The maximum absolute atomic E-state index is 5.09. The molecular formula is C11H19N3O. The van der Waals surface area contributed by atoms with Gasteiger partial charge in [-0.1, -0.05) is 0 Å². The van der Waals surface area contributed by atoms with E-state index >= 15 is 0 Å². The van der Waals surface area contributed by atoms with Gasteiger partial charge in [-0.2, -0.15) is 5.10 Å². The van der Waals surface area contributed by atoms with E-state index < -0.39 is 0 Å². The van der Waals surface area contributed by atoms with Gasteiger partial charge in [-0.3, -0.25) is 4.68 Å². The predicted octanol–water partition coefficient (Wildman–Crippen LogP) is 1.28. The molecule has 4 nitrogen and oxygen atoms in total. The third-order valence-electron chi connectivity index (χ3n) is 3.07. The Kier molecular flexibility index (Phi) is 3.61. The Hall–Kier alpha value is -1.03. The minimum absolute atomic E-state index is 0.848. The van der Waals surface area contributed by atoms with Crippen LogP contribution in [0.5, 0.6) is 5.75 Å². The molecule has 1 N–H and O–H groups in total. The van der Waals surface area contributed by atoms with Crippen molar-refractivity contribution in [2.75, 3.05) is 20.2 Å². The van der Waals surface area contributed by atoms with Crippen LogP contribution in [0.15, 0.2) is 12.4 Å². The largest absolute Gasteiger partial charge is 0.493 e. The second-order valence-corrected chi connectivity index (χ2v) is 4.13. The summed E-state index contributed by atoms with van der Waals surface area (Å²) in [4.78, 5) is 0. The van der Waals surface area contributed by atoms with Gasteiger partial charge in [0.25, 0.3) is 0 Å². The second-order valence-electron chi connectivity index (χ2n) is 4.13. The molecule has 4 heteroatoms. The van der Waals surface area contributed by atoms with E-state index in [2.05, 4.69) is 10.4 Å². The molecule has 0 radical (unpaired) electrons. The minimum atomic E-state index is 0.848. The van der Waals surface area contributed by atoms with Crippen molar-refractivity contribution in [3.8, 4) is 5.75 Å².